The molecule has 0 amide bonds. The van der Waals surface area contributed by atoms with Crippen LogP contribution < -0.4 is 10.1 Å². The highest BCUT2D eigenvalue weighted by Gasteiger charge is 2.27. The monoisotopic (exact) mass is 247 g/mol. The molecule has 2 unspecified atom stereocenters. The third-order valence-corrected chi connectivity index (χ3v) is 3.46. The molecule has 5 nitrogen and oxygen atoms in total. The zero-order valence-electron chi connectivity index (χ0n) is 10.6. The minimum atomic E-state index is 0.244. The fraction of sp³-hybridized carbons (Fsp3) is 0.462. The Morgan fingerprint density at radius 3 is 2.94 bits per heavy atom. The molecule has 0 aliphatic carbocycles. The molecular weight excluding hydrogens is 230 g/mol. The van der Waals surface area contributed by atoms with E-state index in [1.165, 1.54) is 0 Å². The van der Waals surface area contributed by atoms with Crippen molar-refractivity contribution in [2.24, 2.45) is 0 Å². The average molecular weight is 247 g/mol. The van der Waals surface area contributed by atoms with Crippen LogP contribution in [0.25, 0.3) is 11.0 Å². The molecule has 1 aliphatic heterocycles. The van der Waals surface area contributed by atoms with Gasteiger partial charge in [0.1, 0.15) is 11.6 Å². The van der Waals surface area contributed by atoms with Crippen LogP contribution in [0.15, 0.2) is 18.2 Å². The van der Waals surface area contributed by atoms with Crippen LogP contribution in [0.4, 0.5) is 0 Å². The van der Waals surface area contributed by atoms with E-state index in [4.69, 9.17) is 9.47 Å². The number of nitrogens with zero attached hydrogens (tertiary/aromatic N) is 1. The summed E-state index contributed by atoms with van der Waals surface area (Å²) in [5, 5.41) is 3.41. The summed E-state index contributed by atoms with van der Waals surface area (Å²) in [6, 6.07) is 6.10. The third-order valence-electron chi connectivity index (χ3n) is 3.46. The van der Waals surface area contributed by atoms with Gasteiger partial charge in [0, 0.05) is 19.7 Å². The van der Waals surface area contributed by atoms with Crippen molar-refractivity contribution in [3.05, 3.63) is 24.0 Å². The van der Waals surface area contributed by atoms with Crippen molar-refractivity contribution in [3.8, 4) is 5.75 Å². The first-order chi connectivity index (χ1) is 8.80. The maximum absolute atomic E-state index is 5.35. The Hall–Kier alpha value is -1.59. The molecule has 1 aromatic heterocycles. The van der Waals surface area contributed by atoms with E-state index in [-0.39, 0.29) is 12.1 Å². The summed E-state index contributed by atoms with van der Waals surface area (Å²) < 4.78 is 10.6. The molecule has 1 aromatic carbocycles. The topological polar surface area (TPSA) is 59.2 Å². The highest BCUT2D eigenvalue weighted by Crippen LogP contribution is 2.26. The second-order valence-corrected chi connectivity index (χ2v) is 4.56. The van der Waals surface area contributed by atoms with Crippen molar-refractivity contribution >= 4 is 11.0 Å². The van der Waals surface area contributed by atoms with Crippen LogP contribution in [0.3, 0.4) is 0 Å². The Morgan fingerprint density at radius 1 is 1.33 bits per heavy atom. The molecule has 18 heavy (non-hydrogen) atoms. The number of aromatic amines is 1. The van der Waals surface area contributed by atoms with Crippen molar-refractivity contribution in [1.82, 2.24) is 15.3 Å². The van der Waals surface area contributed by atoms with E-state index in [0.29, 0.717) is 0 Å². The molecule has 0 spiro atoms. The fourth-order valence-corrected chi connectivity index (χ4v) is 2.39. The summed E-state index contributed by atoms with van der Waals surface area (Å²) in [6.45, 7) is 0.877. The molecule has 1 fully saturated rings. The van der Waals surface area contributed by atoms with Crippen LogP contribution in [0.2, 0.25) is 0 Å². The van der Waals surface area contributed by atoms with E-state index >= 15 is 0 Å². The lowest BCUT2D eigenvalue weighted by Crippen LogP contribution is -2.16. The molecule has 1 aliphatic rings. The lowest BCUT2D eigenvalue weighted by molar-refractivity contribution is 0.117. The SMILES string of the molecule is COc1ccc2nc(C3CC(OC)CN3)[nH]c2c1. The van der Waals surface area contributed by atoms with Gasteiger partial charge in [0.15, 0.2) is 0 Å². The number of ether oxygens (including phenoxy) is 2. The normalized spacial score (nSPS) is 23.7. The Balaban J connectivity index is 1.89. The number of benzene rings is 1. The molecule has 2 heterocycles. The van der Waals surface area contributed by atoms with Gasteiger partial charge in [-0.2, -0.15) is 0 Å². The number of methoxy groups -OCH3 is 2. The van der Waals surface area contributed by atoms with E-state index in [1.807, 2.05) is 18.2 Å². The summed E-state index contributed by atoms with van der Waals surface area (Å²) in [5.41, 5.74) is 1.97. The number of fused-ring (bicyclic) bond motifs is 1. The van der Waals surface area contributed by atoms with Crippen molar-refractivity contribution in [1.29, 1.82) is 0 Å². The van der Waals surface area contributed by atoms with E-state index in [1.54, 1.807) is 14.2 Å². The number of aromatic nitrogens is 2. The summed E-state index contributed by atoms with van der Waals surface area (Å²) in [7, 11) is 3.42. The molecule has 0 radical (unpaired) electrons. The van der Waals surface area contributed by atoms with E-state index in [0.717, 1.165) is 35.6 Å². The molecule has 96 valence electrons. The highest BCUT2D eigenvalue weighted by atomic mass is 16.5. The van der Waals surface area contributed by atoms with Crippen LogP contribution >= 0.6 is 0 Å². The number of hydrogen-bond acceptors (Lipinski definition) is 4. The summed E-state index contributed by atoms with van der Waals surface area (Å²) in [5.74, 6) is 1.81. The number of rotatable bonds is 3. The third kappa shape index (κ3) is 1.95. The zero-order chi connectivity index (χ0) is 12.5. The summed E-state index contributed by atoms with van der Waals surface area (Å²) in [6.07, 6.45) is 1.23. The molecule has 0 saturated carbocycles. The van der Waals surface area contributed by atoms with Crippen LogP contribution in [-0.4, -0.2) is 36.8 Å². The van der Waals surface area contributed by atoms with Crippen molar-refractivity contribution < 1.29 is 9.47 Å². The van der Waals surface area contributed by atoms with Gasteiger partial charge >= 0.3 is 0 Å². The van der Waals surface area contributed by atoms with Gasteiger partial charge in [0.2, 0.25) is 0 Å². The first-order valence-electron chi connectivity index (χ1n) is 6.10. The minimum Gasteiger partial charge on any atom is -0.497 e. The number of nitrogens with one attached hydrogen (secondary N) is 2. The highest BCUT2D eigenvalue weighted by molar-refractivity contribution is 5.76. The lowest BCUT2D eigenvalue weighted by atomic mass is 10.2. The molecule has 0 bridgehead atoms. The van der Waals surface area contributed by atoms with E-state index in [2.05, 4.69) is 15.3 Å². The molecule has 3 rings (SSSR count). The maximum atomic E-state index is 5.35. The number of H-pyrrole nitrogens is 1. The minimum absolute atomic E-state index is 0.244. The molecule has 2 aromatic rings. The first-order valence-corrected chi connectivity index (χ1v) is 6.10. The quantitative estimate of drug-likeness (QED) is 0.865. The number of imidazole rings is 1. The smallest absolute Gasteiger partial charge is 0.124 e. The fourth-order valence-electron chi connectivity index (χ4n) is 2.39. The van der Waals surface area contributed by atoms with Gasteiger partial charge in [-0.1, -0.05) is 0 Å². The van der Waals surface area contributed by atoms with Crippen LogP contribution in [0.1, 0.15) is 18.3 Å². The van der Waals surface area contributed by atoms with Crippen molar-refractivity contribution in [3.63, 3.8) is 0 Å². The van der Waals surface area contributed by atoms with Crippen LogP contribution in [0, 0.1) is 0 Å². The van der Waals surface area contributed by atoms with Gasteiger partial charge in [-0.05, 0) is 18.6 Å². The van der Waals surface area contributed by atoms with Crippen molar-refractivity contribution in [2.75, 3.05) is 20.8 Å². The average Bonchev–Trinajstić information content (AvgIpc) is 3.03. The molecular formula is C13H17N3O2. The Kier molecular flexibility index (Phi) is 2.93. The first kappa shape index (κ1) is 11.5. The van der Waals surface area contributed by atoms with Gasteiger partial charge in [-0.3, -0.25) is 0 Å². The second-order valence-electron chi connectivity index (χ2n) is 4.56. The molecule has 1 saturated heterocycles. The molecule has 2 atom stereocenters. The van der Waals surface area contributed by atoms with Gasteiger partial charge in [0.05, 0.1) is 30.3 Å². The molecule has 2 N–H and O–H groups in total. The predicted molar refractivity (Wildman–Crippen MR) is 68.8 cm³/mol. The Labute approximate surface area is 106 Å². The van der Waals surface area contributed by atoms with Crippen LogP contribution in [-0.2, 0) is 4.74 Å². The van der Waals surface area contributed by atoms with Gasteiger partial charge in [-0.15, -0.1) is 0 Å². The largest absolute Gasteiger partial charge is 0.497 e. The lowest BCUT2D eigenvalue weighted by Gasteiger charge is -2.06. The van der Waals surface area contributed by atoms with E-state index in [9.17, 15) is 0 Å². The zero-order valence-corrected chi connectivity index (χ0v) is 10.6. The Bertz CT molecular complexity index is 552. The number of hydrogen-bond donors (Lipinski definition) is 2. The summed E-state index contributed by atoms with van der Waals surface area (Å²) in [4.78, 5) is 7.96. The Morgan fingerprint density at radius 2 is 2.22 bits per heavy atom. The van der Waals surface area contributed by atoms with Gasteiger partial charge in [-0.25, -0.2) is 4.98 Å². The standard InChI is InChI=1S/C13H17N3O2/c1-17-8-3-4-10-11(5-8)16-13(15-10)12-6-9(18-2)7-14-12/h3-5,9,12,14H,6-7H2,1-2H3,(H,15,16). The summed E-state index contributed by atoms with van der Waals surface area (Å²) >= 11 is 0. The van der Waals surface area contributed by atoms with Gasteiger partial charge < -0.3 is 19.8 Å². The molecule has 5 heteroatoms. The van der Waals surface area contributed by atoms with E-state index < -0.39 is 0 Å². The van der Waals surface area contributed by atoms with Crippen LogP contribution in [0.5, 0.6) is 5.75 Å². The maximum Gasteiger partial charge on any atom is 0.124 e. The predicted octanol–water partition coefficient (Wildman–Crippen LogP) is 1.62. The van der Waals surface area contributed by atoms with Crippen molar-refractivity contribution in [2.45, 2.75) is 18.6 Å². The second kappa shape index (κ2) is 4.59. The van der Waals surface area contributed by atoms with Gasteiger partial charge in [0.25, 0.3) is 0 Å².